The zero-order chi connectivity index (χ0) is 24.7. The predicted molar refractivity (Wildman–Crippen MR) is 131 cm³/mol. The minimum atomic E-state index is -0.618. The highest BCUT2D eigenvalue weighted by Gasteiger charge is 2.22. The van der Waals surface area contributed by atoms with Crippen LogP contribution in [-0.2, 0) is 15.9 Å². The number of benzene rings is 2. The van der Waals surface area contributed by atoms with Crippen molar-refractivity contribution in [2.75, 3.05) is 12.4 Å². The van der Waals surface area contributed by atoms with Gasteiger partial charge < -0.3 is 14.8 Å². The molecule has 0 aliphatic heterocycles. The summed E-state index contributed by atoms with van der Waals surface area (Å²) in [7, 11) is 1.30. The number of nitrogens with zero attached hydrogens (tertiary/aromatic N) is 2. The lowest BCUT2D eigenvalue weighted by molar-refractivity contribution is 0.0503. The van der Waals surface area contributed by atoms with Gasteiger partial charge in [-0.2, -0.15) is 5.10 Å². The topological polar surface area (TPSA) is 102 Å². The molecule has 0 saturated carbocycles. The smallest absolute Gasteiger partial charge is 0.411 e. The van der Waals surface area contributed by atoms with Crippen molar-refractivity contribution in [3.05, 3.63) is 77.1 Å². The average molecular weight is 483 g/mol. The lowest BCUT2D eigenvalue weighted by atomic mass is 10.00. The van der Waals surface area contributed by atoms with E-state index in [1.807, 2.05) is 69.3 Å². The van der Waals surface area contributed by atoms with Crippen molar-refractivity contribution in [2.24, 2.45) is 0 Å². The number of carbonyl (C=O) groups is 2. The Morgan fingerprint density at radius 1 is 1.00 bits per heavy atom. The summed E-state index contributed by atoms with van der Waals surface area (Å²) in [6, 6.07) is 18.1. The third-order valence-corrected chi connectivity index (χ3v) is 5.01. The molecule has 1 atom stereocenters. The summed E-state index contributed by atoms with van der Waals surface area (Å²) in [5, 5.41) is 14.1. The van der Waals surface area contributed by atoms with Crippen molar-refractivity contribution in [2.45, 2.75) is 38.8 Å². The standard InChI is InChI=1S/C25H27ClN4O4/c1-25(2,3)34-24(32)28-21(17-8-6-5-7-9-17)15-19-14-20(22(26)30-29-19)16-10-12-18(13-11-16)27-23(31)33-4/h5-14,21H,15H2,1-4H3,(H,27,31)(H,28,32). The summed E-state index contributed by atoms with van der Waals surface area (Å²) in [5.41, 5.74) is 2.99. The summed E-state index contributed by atoms with van der Waals surface area (Å²) in [5.74, 6) is 0. The number of nitrogens with one attached hydrogen (secondary N) is 2. The lowest BCUT2D eigenvalue weighted by Crippen LogP contribution is -2.35. The molecule has 1 unspecified atom stereocenters. The van der Waals surface area contributed by atoms with Gasteiger partial charge >= 0.3 is 12.2 Å². The fourth-order valence-corrected chi connectivity index (χ4v) is 3.42. The van der Waals surface area contributed by atoms with Crippen LogP contribution in [0.4, 0.5) is 15.3 Å². The molecular formula is C25H27ClN4O4. The van der Waals surface area contributed by atoms with E-state index in [4.69, 9.17) is 16.3 Å². The first kappa shape index (κ1) is 25.0. The SMILES string of the molecule is COC(=O)Nc1ccc(-c2cc(CC(NC(=O)OC(C)(C)C)c3ccccc3)nnc2Cl)cc1. The van der Waals surface area contributed by atoms with Gasteiger partial charge in [-0.05, 0) is 50.1 Å². The van der Waals surface area contributed by atoms with E-state index in [0.717, 1.165) is 11.1 Å². The van der Waals surface area contributed by atoms with Gasteiger partial charge in [0.1, 0.15) is 5.60 Å². The highest BCUT2D eigenvalue weighted by atomic mass is 35.5. The molecule has 0 aliphatic rings. The highest BCUT2D eigenvalue weighted by Crippen LogP contribution is 2.29. The zero-order valence-electron chi connectivity index (χ0n) is 19.5. The van der Waals surface area contributed by atoms with E-state index in [9.17, 15) is 9.59 Å². The van der Waals surface area contributed by atoms with Gasteiger partial charge in [-0.3, -0.25) is 5.32 Å². The van der Waals surface area contributed by atoms with Gasteiger partial charge in [-0.15, -0.1) is 5.10 Å². The second-order valence-electron chi connectivity index (χ2n) is 8.55. The van der Waals surface area contributed by atoms with Crippen LogP contribution in [0.25, 0.3) is 11.1 Å². The number of rotatable bonds is 6. The Kier molecular flexibility index (Phi) is 8.07. The van der Waals surface area contributed by atoms with Crippen LogP contribution < -0.4 is 10.6 Å². The Labute approximate surface area is 203 Å². The molecule has 0 saturated heterocycles. The molecule has 3 aromatic rings. The molecule has 2 amide bonds. The Balaban J connectivity index is 1.84. The quantitative estimate of drug-likeness (QED) is 0.461. The molecule has 0 bridgehead atoms. The second-order valence-corrected chi connectivity index (χ2v) is 8.91. The Morgan fingerprint density at radius 2 is 1.68 bits per heavy atom. The molecule has 8 nitrogen and oxygen atoms in total. The molecule has 0 aliphatic carbocycles. The molecule has 0 spiro atoms. The van der Waals surface area contributed by atoms with E-state index < -0.39 is 17.8 Å². The molecule has 2 N–H and O–H groups in total. The minimum absolute atomic E-state index is 0.244. The number of aromatic nitrogens is 2. The van der Waals surface area contributed by atoms with Gasteiger partial charge in [-0.25, -0.2) is 9.59 Å². The van der Waals surface area contributed by atoms with Crippen LogP contribution >= 0.6 is 11.6 Å². The summed E-state index contributed by atoms with van der Waals surface area (Å²) >= 11 is 6.33. The van der Waals surface area contributed by atoms with E-state index in [1.54, 1.807) is 12.1 Å². The van der Waals surface area contributed by atoms with Crippen LogP contribution in [-0.4, -0.2) is 35.1 Å². The number of methoxy groups -OCH3 is 1. The number of hydrogen-bond acceptors (Lipinski definition) is 6. The van der Waals surface area contributed by atoms with Gasteiger partial charge in [-0.1, -0.05) is 54.1 Å². The molecule has 1 heterocycles. The first-order valence-corrected chi connectivity index (χ1v) is 11.0. The maximum absolute atomic E-state index is 12.5. The van der Waals surface area contributed by atoms with E-state index >= 15 is 0 Å². The highest BCUT2D eigenvalue weighted by molar-refractivity contribution is 6.32. The van der Waals surface area contributed by atoms with E-state index in [2.05, 4.69) is 25.6 Å². The first-order valence-electron chi connectivity index (χ1n) is 10.7. The summed E-state index contributed by atoms with van der Waals surface area (Å²) in [6.45, 7) is 5.44. The molecule has 0 fully saturated rings. The van der Waals surface area contributed by atoms with Gasteiger partial charge in [0.15, 0.2) is 5.15 Å². The van der Waals surface area contributed by atoms with Crippen molar-refractivity contribution in [1.82, 2.24) is 15.5 Å². The van der Waals surface area contributed by atoms with Crippen LogP contribution in [0.15, 0.2) is 60.7 Å². The number of amides is 2. The van der Waals surface area contributed by atoms with Crippen LogP contribution in [0.5, 0.6) is 0 Å². The Morgan fingerprint density at radius 3 is 2.29 bits per heavy atom. The van der Waals surface area contributed by atoms with E-state index in [-0.39, 0.29) is 11.2 Å². The molecule has 9 heteroatoms. The monoisotopic (exact) mass is 482 g/mol. The Hall–Kier alpha value is -3.65. The number of hydrogen-bond donors (Lipinski definition) is 2. The largest absolute Gasteiger partial charge is 0.453 e. The zero-order valence-corrected chi connectivity index (χ0v) is 20.2. The molecule has 3 rings (SSSR count). The Bertz CT molecular complexity index is 1130. The van der Waals surface area contributed by atoms with Crippen molar-refractivity contribution in [1.29, 1.82) is 0 Å². The summed E-state index contributed by atoms with van der Waals surface area (Å²) in [4.78, 5) is 23.9. The van der Waals surface area contributed by atoms with E-state index in [0.29, 0.717) is 23.4 Å². The van der Waals surface area contributed by atoms with Gasteiger partial charge in [0.2, 0.25) is 0 Å². The number of anilines is 1. The summed E-state index contributed by atoms with van der Waals surface area (Å²) < 4.78 is 10.0. The normalized spacial score (nSPS) is 11.9. The molecule has 34 heavy (non-hydrogen) atoms. The van der Waals surface area contributed by atoms with E-state index in [1.165, 1.54) is 7.11 Å². The van der Waals surface area contributed by atoms with Crippen molar-refractivity contribution in [3.8, 4) is 11.1 Å². The number of halogens is 1. The number of carbonyl (C=O) groups excluding carboxylic acids is 2. The third-order valence-electron chi connectivity index (χ3n) is 4.73. The van der Waals surface area contributed by atoms with Crippen LogP contribution in [0.3, 0.4) is 0 Å². The molecular weight excluding hydrogens is 456 g/mol. The third kappa shape index (κ3) is 7.18. The number of alkyl carbamates (subject to hydrolysis) is 1. The molecule has 178 valence electrons. The van der Waals surface area contributed by atoms with Crippen molar-refractivity contribution in [3.63, 3.8) is 0 Å². The van der Waals surface area contributed by atoms with Crippen LogP contribution in [0, 0.1) is 0 Å². The lowest BCUT2D eigenvalue weighted by Gasteiger charge is -2.24. The first-order chi connectivity index (χ1) is 16.1. The van der Waals surface area contributed by atoms with Crippen LogP contribution in [0.1, 0.15) is 38.1 Å². The fourth-order valence-electron chi connectivity index (χ4n) is 3.22. The maximum atomic E-state index is 12.5. The number of ether oxygens (including phenoxy) is 2. The minimum Gasteiger partial charge on any atom is -0.453 e. The van der Waals surface area contributed by atoms with Gasteiger partial charge in [0, 0.05) is 17.7 Å². The van der Waals surface area contributed by atoms with Crippen LogP contribution in [0.2, 0.25) is 5.15 Å². The summed E-state index contributed by atoms with van der Waals surface area (Å²) in [6.07, 6.45) is -0.692. The average Bonchev–Trinajstić information content (AvgIpc) is 2.79. The maximum Gasteiger partial charge on any atom is 0.411 e. The van der Waals surface area contributed by atoms with Crippen molar-refractivity contribution < 1.29 is 19.1 Å². The molecule has 1 aromatic heterocycles. The molecule has 2 aromatic carbocycles. The molecule has 0 radical (unpaired) electrons. The second kappa shape index (κ2) is 11.0. The fraction of sp³-hybridized carbons (Fsp3) is 0.280. The van der Waals surface area contributed by atoms with Crippen molar-refractivity contribution >= 4 is 29.5 Å². The predicted octanol–water partition coefficient (Wildman–Crippen LogP) is 5.78. The van der Waals surface area contributed by atoms with Gasteiger partial charge in [0.05, 0.1) is 18.8 Å². The van der Waals surface area contributed by atoms with Gasteiger partial charge in [0.25, 0.3) is 0 Å².